The van der Waals surface area contributed by atoms with Crippen LogP contribution in [0.5, 0.6) is 0 Å². The standard InChI is InChI=1S/C18H12Br2N4O2S/c19-14-6-8-16(9-7-14)24-18(21-22-23-24)27-11-2-1-10-26-17(25)13-4-3-5-15(20)12-13/h3-9,12H,10-11H2. The molecule has 2 aromatic carbocycles. The van der Waals surface area contributed by atoms with E-state index in [1.807, 2.05) is 30.3 Å². The van der Waals surface area contributed by atoms with Crippen molar-refractivity contribution >= 4 is 49.6 Å². The minimum atomic E-state index is -0.405. The van der Waals surface area contributed by atoms with E-state index in [2.05, 4.69) is 59.2 Å². The van der Waals surface area contributed by atoms with E-state index in [9.17, 15) is 4.79 Å². The van der Waals surface area contributed by atoms with E-state index in [0.29, 0.717) is 16.5 Å². The van der Waals surface area contributed by atoms with Crippen molar-refractivity contribution in [1.29, 1.82) is 0 Å². The summed E-state index contributed by atoms with van der Waals surface area (Å²) in [6.45, 7) is 0.0313. The molecule has 0 saturated carbocycles. The van der Waals surface area contributed by atoms with Crippen LogP contribution in [0.1, 0.15) is 10.4 Å². The molecule has 0 unspecified atom stereocenters. The molecule has 0 spiro atoms. The third-order valence-electron chi connectivity index (χ3n) is 3.25. The van der Waals surface area contributed by atoms with Gasteiger partial charge in [-0.25, -0.2) is 4.79 Å². The van der Waals surface area contributed by atoms with E-state index >= 15 is 0 Å². The number of aromatic nitrogens is 4. The highest BCUT2D eigenvalue weighted by Crippen LogP contribution is 2.19. The van der Waals surface area contributed by atoms with E-state index in [0.717, 1.165) is 14.6 Å². The fraction of sp³-hybridized carbons (Fsp3) is 0.111. The number of thioether (sulfide) groups is 1. The monoisotopic (exact) mass is 506 g/mol. The second-order valence-electron chi connectivity index (χ2n) is 5.08. The number of esters is 1. The molecule has 1 heterocycles. The molecule has 3 rings (SSSR count). The first kappa shape index (κ1) is 19.6. The summed E-state index contributed by atoms with van der Waals surface area (Å²) in [5, 5.41) is 12.3. The predicted molar refractivity (Wildman–Crippen MR) is 110 cm³/mol. The fourth-order valence-corrected chi connectivity index (χ4v) is 3.34. The Balaban J connectivity index is 1.49. The highest BCUT2D eigenvalue weighted by molar-refractivity contribution is 9.10. The van der Waals surface area contributed by atoms with Crippen LogP contribution in [0.4, 0.5) is 0 Å². The zero-order valence-corrected chi connectivity index (χ0v) is 17.8. The number of halogens is 2. The minimum absolute atomic E-state index is 0.0313. The maximum absolute atomic E-state index is 11.9. The molecule has 0 amide bonds. The van der Waals surface area contributed by atoms with Crippen LogP contribution in [-0.2, 0) is 4.74 Å². The highest BCUT2D eigenvalue weighted by Gasteiger charge is 2.08. The van der Waals surface area contributed by atoms with Crippen molar-refractivity contribution in [2.75, 3.05) is 12.4 Å². The Labute approximate surface area is 176 Å². The van der Waals surface area contributed by atoms with E-state index < -0.39 is 5.97 Å². The second-order valence-corrected chi connectivity index (χ2v) is 7.85. The van der Waals surface area contributed by atoms with Crippen molar-refractivity contribution in [3.8, 4) is 17.5 Å². The molecule has 3 aromatic rings. The Hall–Kier alpha value is -2.15. The van der Waals surface area contributed by atoms with Crippen LogP contribution in [0.2, 0.25) is 0 Å². The summed E-state index contributed by atoms with van der Waals surface area (Å²) in [5.74, 6) is 5.83. The van der Waals surface area contributed by atoms with Gasteiger partial charge in [0, 0.05) is 8.95 Å². The topological polar surface area (TPSA) is 69.9 Å². The number of nitrogens with zero attached hydrogens (tertiary/aromatic N) is 4. The molecule has 0 aliphatic carbocycles. The van der Waals surface area contributed by atoms with Gasteiger partial charge in [-0.15, -0.1) is 5.10 Å². The molecule has 136 valence electrons. The van der Waals surface area contributed by atoms with Gasteiger partial charge >= 0.3 is 5.97 Å². The van der Waals surface area contributed by atoms with Gasteiger partial charge in [0.25, 0.3) is 0 Å². The molecule has 0 atom stereocenters. The molecule has 0 radical (unpaired) electrons. The second kappa shape index (κ2) is 9.69. The molecule has 0 aliphatic heterocycles. The Morgan fingerprint density at radius 1 is 1.11 bits per heavy atom. The lowest BCUT2D eigenvalue weighted by Crippen LogP contribution is -2.05. The van der Waals surface area contributed by atoms with E-state index in [4.69, 9.17) is 4.74 Å². The average Bonchev–Trinajstić information content (AvgIpc) is 3.13. The highest BCUT2D eigenvalue weighted by atomic mass is 79.9. The van der Waals surface area contributed by atoms with Crippen LogP contribution in [-0.4, -0.2) is 38.5 Å². The molecule has 1 aromatic heterocycles. The molecule has 0 fully saturated rings. The van der Waals surface area contributed by atoms with Gasteiger partial charge in [0.1, 0.15) is 0 Å². The molecule has 0 saturated heterocycles. The van der Waals surface area contributed by atoms with Crippen molar-refractivity contribution in [1.82, 2.24) is 20.2 Å². The van der Waals surface area contributed by atoms with Crippen LogP contribution in [0.15, 0.2) is 62.6 Å². The van der Waals surface area contributed by atoms with Gasteiger partial charge < -0.3 is 4.74 Å². The maximum atomic E-state index is 11.9. The Morgan fingerprint density at radius 2 is 1.93 bits per heavy atom. The maximum Gasteiger partial charge on any atom is 0.339 e. The minimum Gasteiger partial charge on any atom is -0.449 e. The third kappa shape index (κ3) is 5.66. The molecule has 27 heavy (non-hydrogen) atoms. The summed E-state index contributed by atoms with van der Waals surface area (Å²) in [6.07, 6.45) is 0. The van der Waals surface area contributed by atoms with Gasteiger partial charge in [-0.1, -0.05) is 61.5 Å². The Kier molecular flexibility index (Phi) is 7.04. The molecule has 0 aliphatic rings. The number of hydrogen-bond donors (Lipinski definition) is 0. The number of carbonyl (C=O) groups is 1. The lowest BCUT2D eigenvalue weighted by Gasteiger charge is -2.02. The van der Waals surface area contributed by atoms with Gasteiger partial charge in [-0.3, -0.25) is 0 Å². The first-order chi connectivity index (χ1) is 13.1. The van der Waals surface area contributed by atoms with Crippen molar-refractivity contribution < 1.29 is 9.53 Å². The summed E-state index contributed by atoms with van der Waals surface area (Å²) in [4.78, 5) is 11.9. The van der Waals surface area contributed by atoms with Gasteiger partial charge in [0.05, 0.1) is 17.0 Å². The number of carbonyl (C=O) groups excluding carboxylic acids is 1. The SMILES string of the molecule is O=C(OCC#CCSc1nnnn1-c1ccc(Br)cc1)c1cccc(Br)c1. The van der Waals surface area contributed by atoms with Crippen molar-refractivity contribution in [3.05, 3.63) is 63.0 Å². The van der Waals surface area contributed by atoms with Crippen LogP contribution >= 0.6 is 43.6 Å². The number of rotatable bonds is 5. The van der Waals surface area contributed by atoms with Crippen LogP contribution in [0.3, 0.4) is 0 Å². The van der Waals surface area contributed by atoms with Crippen LogP contribution in [0, 0.1) is 11.8 Å². The van der Waals surface area contributed by atoms with Gasteiger partial charge in [-0.2, -0.15) is 4.68 Å². The zero-order valence-electron chi connectivity index (χ0n) is 13.8. The normalized spacial score (nSPS) is 10.1. The molecule has 0 bridgehead atoms. The van der Waals surface area contributed by atoms with E-state index in [-0.39, 0.29) is 6.61 Å². The fourth-order valence-electron chi connectivity index (χ4n) is 2.02. The largest absolute Gasteiger partial charge is 0.449 e. The smallest absolute Gasteiger partial charge is 0.339 e. The summed E-state index contributed by atoms with van der Waals surface area (Å²) in [6, 6.07) is 14.7. The van der Waals surface area contributed by atoms with Crippen molar-refractivity contribution in [2.45, 2.75) is 5.16 Å². The molecular weight excluding hydrogens is 496 g/mol. The first-order valence-corrected chi connectivity index (χ1v) is 10.3. The quantitative estimate of drug-likeness (QED) is 0.293. The number of benzene rings is 2. The summed E-state index contributed by atoms with van der Waals surface area (Å²) in [7, 11) is 0. The molecule has 6 nitrogen and oxygen atoms in total. The Bertz CT molecular complexity index is 996. The van der Waals surface area contributed by atoms with Crippen molar-refractivity contribution in [3.63, 3.8) is 0 Å². The average molecular weight is 508 g/mol. The zero-order chi connectivity index (χ0) is 19.1. The lowest BCUT2D eigenvalue weighted by molar-refractivity contribution is 0.0556. The van der Waals surface area contributed by atoms with E-state index in [1.165, 1.54) is 11.8 Å². The molecular formula is C18H12Br2N4O2S. The summed E-state index contributed by atoms with van der Waals surface area (Å²) in [5.41, 5.74) is 1.34. The molecule has 0 N–H and O–H groups in total. The summed E-state index contributed by atoms with van der Waals surface area (Å²) >= 11 is 8.12. The number of tetrazole rings is 1. The predicted octanol–water partition coefficient (Wildman–Crippen LogP) is 4.14. The Morgan fingerprint density at radius 3 is 2.70 bits per heavy atom. The molecule has 9 heteroatoms. The number of ether oxygens (including phenoxy) is 1. The lowest BCUT2D eigenvalue weighted by atomic mass is 10.2. The van der Waals surface area contributed by atoms with Gasteiger partial charge in [0.2, 0.25) is 5.16 Å². The van der Waals surface area contributed by atoms with Gasteiger partial charge in [0.15, 0.2) is 6.61 Å². The van der Waals surface area contributed by atoms with Gasteiger partial charge in [-0.05, 0) is 52.9 Å². The van der Waals surface area contributed by atoms with Crippen LogP contribution in [0.25, 0.3) is 5.69 Å². The first-order valence-electron chi connectivity index (χ1n) is 7.69. The van der Waals surface area contributed by atoms with Crippen LogP contribution < -0.4 is 0 Å². The number of hydrogen-bond acceptors (Lipinski definition) is 6. The van der Waals surface area contributed by atoms with E-state index in [1.54, 1.807) is 22.9 Å². The third-order valence-corrected chi connectivity index (χ3v) is 5.07. The van der Waals surface area contributed by atoms with Crippen molar-refractivity contribution in [2.24, 2.45) is 0 Å². The summed E-state index contributed by atoms with van der Waals surface area (Å²) < 4.78 is 8.58.